The molecule has 0 spiro atoms. The normalized spacial score (nSPS) is 10.9. The fourth-order valence-electron chi connectivity index (χ4n) is 1.99. The second-order valence-corrected chi connectivity index (χ2v) is 5.41. The molecule has 1 heterocycles. The van der Waals surface area contributed by atoms with Crippen LogP contribution in [0.25, 0.3) is 10.9 Å². The van der Waals surface area contributed by atoms with E-state index < -0.39 is 11.6 Å². The van der Waals surface area contributed by atoms with Crippen molar-refractivity contribution in [1.29, 1.82) is 0 Å². The highest BCUT2D eigenvalue weighted by molar-refractivity contribution is 9.10. The molecule has 3 aromatic rings. The third-order valence-electron chi connectivity index (χ3n) is 3.14. The molecule has 0 saturated carbocycles. The number of rotatable bonds is 2. The van der Waals surface area contributed by atoms with Crippen molar-refractivity contribution in [3.8, 4) is 11.6 Å². The van der Waals surface area contributed by atoms with Crippen LogP contribution in [0.5, 0.6) is 11.6 Å². The van der Waals surface area contributed by atoms with Crippen LogP contribution in [0, 0.1) is 18.6 Å². The van der Waals surface area contributed by atoms with Gasteiger partial charge in [0.15, 0.2) is 11.6 Å². The van der Waals surface area contributed by atoms with Gasteiger partial charge < -0.3 is 4.74 Å². The van der Waals surface area contributed by atoms with Crippen molar-refractivity contribution < 1.29 is 13.5 Å². The first-order chi connectivity index (χ1) is 10.1. The van der Waals surface area contributed by atoms with E-state index in [1.54, 1.807) is 0 Å². The molecule has 0 aliphatic heterocycles. The van der Waals surface area contributed by atoms with E-state index in [1.807, 2.05) is 30.3 Å². The van der Waals surface area contributed by atoms with Gasteiger partial charge in [-0.3, -0.25) is 0 Å². The fourth-order valence-corrected chi connectivity index (χ4v) is 2.41. The van der Waals surface area contributed by atoms with Crippen molar-refractivity contribution in [3.05, 3.63) is 64.1 Å². The summed E-state index contributed by atoms with van der Waals surface area (Å²) in [5, 5.41) is 0.957. The van der Waals surface area contributed by atoms with Crippen LogP contribution in [0.3, 0.4) is 0 Å². The third kappa shape index (κ3) is 2.61. The summed E-state index contributed by atoms with van der Waals surface area (Å²) in [6, 6.07) is 11.9. The van der Waals surface area contributed by atoms with E-state index in [-0.39, 0.29) is 11.3 Å². The Hall–Kier alpha value is -2.01. The number of aromatic nitrogens is 1. The number of ether oxygens (including phenoxy) is 1. The van der Waals surface area contributed by atoms with E-state index in [0.29, 0.717) is 10.4 Å². The Morgan fingerprint density at radius 1 is 1.10 bits per heavy atom. The molecule has 21 heavy (non-hydrogen) atoms. The number of para-hydroxylation sites is 1. The first-order valence-electron chi connectivity index (χ1n) is 6.24. The van der Waals surface area contributed by atoms with Crippen LogP contribution in [0.4, 0.5) is 8.78 Å². The standard InChI is InChI=1S/C16H10BrF2NO/c1-9-14(7-6-12(18)15(9)19)21-16-11(17)8-10-4-2-3-5-13(10)20-16/h2-8H,1H3. The lowest BCUT2D eigenvalue weighted by Gasteiger charge is -2.11. The Labute approximate surface area is 128 Å². The minimum absolute atomic E-state index is 0.108. The number of halogens is 3. The van der Waals surface area contributed by atoms with Crippen LogP contribution >= 0.6 is 15.9 Å². The maximum Gasteiger partial charge on any atom is 0.234 e. The number of hydrogen-bond donors (Lipinski definition) is 0. The number of pyridine rings is 1. The zero-order chi connectivity index (χ0) is 15.0. The van der Waals surface area contributed by atoms with Gasteiger partial charge in [-0.2, -0.15) is 0 Å². The lowest BCUT2D eigenvalue weighted by molar-refractivity contribution is 0.440. The molecule has 1 aromatic heterocycles. The van der Waals surface area contributed by atoms with Crippen LogP contribution in [0.2, 0.25) is 0 Å². The third-order valence-corrected chi connectivity index (χ3v) is 3.71. The first kappa shape index (κ1) is 13.9. The average molecular weight is 350 g/mol. The fraction of sp³-hybridized carbons (Fsp3) is 0.0625. The number of nitrogens with zero attached hydrogens (tertiary/aromatic N) is 1. The van der Waals surface area contributed by atoms with Crippen molar-refractivity contribution in [2.24, 2.45) is 0 Å². The van der Waals surface area contributed by atoms with Crippen molar-refractivity contribution in [2.45, 2.75) is 6.92 Å². The Morgan fingerprint density at radius 2 is 1.86 bits per heavy atom. The van der Waals surface area contributed by atoms with Crippen molar-refractivity contribution in [1.82, 2.24) is 4.98 Å². The zero-order valence-corrected chi connectivity index (χ0v) is 12.6. The summed E-state index contributed by atoms with van der Waals surface area (Å²) in [4.78, 5) is 4.38. The minimum atomic E-state index is -0.913. The zero-order valence-electron chi connectivity index (χ0n) is 11.0. The van der Waals surface area contributed by atoms with Crippen LogP contribution in [0.1, 0.15) is 5.56 Å². The lowest BCUT2D eigenvalue weighted by atomic mass is 10.2. The van der Waals surface area contributed by atoms with Crippen LogP contribution < -0.4 is 4.74 Å². The monoisotopic (exact) mass is 349 g/mol. The Kier molecular flexibility index (Phi) is 3.59. The van der Waals surface area contributed by atoms with Gasteiger partial charge in [-0.05, 0) is 47.1 Å². The molecule has 0 saturated heterocycles. The SMILES string of the molecule is Cc1c(Oc2nc3ccccc3cc2Br)ccc(F)c1F. The second-order valence-electron chi connectivity index (χ2n) is 4.55. The van der Waals surface area contributed by atoms with Crippen LogP contribution in [-0.2, 0) is 0 Å². The highest BCUT2D eigenvalue weighted by atomic mass is 79.9. The van der Waals surface area contributed by atoms with Gasteiger partial charge in [0.05, 0.1) is 9.99 Å². The summed E-state index contributed by atoms with van der Waals surface area (Å²) >= 11 is 3.38. The molecular weight excluding hydrogens is 340 g/mol. The Bertz CT molecular complexity index is 836. The average Bonchev–Trinajstić information content (AvgIpc) is 2.48. The van der Waals surface area contributed by atoms with E-state index in [4.69, 9.17) is 4.74 Å². The van der Waals surface area contributed by atoms with Gasteiger partial charge in [-0.25, -0.2) is 13.8 Å². The van der Waals surface area contributed by atoms with E-state index in [2.05, 4.69) is 20.9 Å². The number of hydrogen-bond acceptors (Lipinski definition) is 2. The van der Waals surface area contributed by atoms with Crippen LogP contribution in [-0.4, -0.2) is 4.98 Å². The highest BCUT2D eigenvalue weighted by Crippen LogP contribution is 2.33. The molecule has 0 radical (unpaired) electrons. The molecule has 2 nitrogen and oxygen atoms in total. The summed E-state index contributed by atoms with van der Waals surface area (Å²) in [6.45, 7) is 1.46. The van der Waals surface area contributed by atoms with Gasteiger partial charge in [0.1, 0.15) is 5.75 Å². The van der Waals surface area contributed by atoms with Gasteiger partial charge in [-0.15, -0.1) is 0 Å². The molecule has 0 atom stereocenters. The molecule has 0 unspecified atom stereocenters. The number of benzene rings is 2. The maximum atomic E-state index is 13.6. The Balaban J connectivity index is 2.06. The van der Waals surface area contributed by atoms with Gasteiger partial charge >= 0.3 is 0 Å². The summed E-state index contributed by atoms with van der Waals surface area (Å²) < 4.78 is 33.0. The van der Waals surface area contributed by atoms with Crippen molar-refractivity contribution in [2.75, 3.05) is 0 Å². The summed E-state index contributed by atoms with van der Waals surface area (Å²) in [6.07, 6.45) is 0. The molecule has 0 N–H and O–H groups in total. The van der Waals surface area contributed by atoms with Gasteiger partial charge in [0, 0.05) is 10.9 Å². The summed E-state index contributed by atoms with van der Waals surface area (Å²) in [5.41, 5.74) is 0.868. The molecular formula is C16H10BrF2NO. The summed E-state index contributed by atoms with van der Waals surface area (Å²) in [7, 11) is 0. The number of fused-ring (bicyclic) bond motifs is 1. The predicted molar refractivity (Wildman–Crippen MR) is 80.6 cm³/mol. The van der Waals surface area contributed by atoms with Gasteiger partial charge in [0.2, 0.25) is 5.88 Å². The van der Waals surface area contributed by atoms with E-state index in [1.165, 1.54) is 13.0 Å². The molecule has 3 rings (SSSR count). The van der Waals surface area contributed by atoms with E-state index in [9.17, 15) is 8.78 Å². The van der Waals surface area contributed by atoms with Crippen molar-refractivity contribution in [3.63, 3.8) is 0 Å². The molecule has 0 aliphatic carbocycles. The molecule has 0 amide bonds. The molecule has 5 heteroatoms. The van der Waals surface area contributed by atoms with Crippen molar-refractivity contribution >= 4 is 26.8 Å². The smallest absolute Gasteiger partial charge is 0.234 e. The van der Waals surface area contributed by atoms with E-state index in [0.717, 1.165) is 17.0 Å². The predicted octanol–water partition coefficient (Wildman–Crippen LogP) is 5.38. The second kappa shape index (κ2) is 5.41. The molecule has 106 valence electrons. The van der Waals surface area contributed by atoms with Gasteiger partial charge in [-0.1, -0.05) is 18.2 Å². The molecule has 0 aliphatic rings. The lowest BCUT2D eigenvalue weighted by Crippen LogP contribution is -1.96. The van der Waals surface area contributed by atoms with Gasteiger partial charge in [0.25, 0.3) is 0 Å². The Morgan fingerprint density at radius 3 is 2.67 bits per heavy atom. The highest BCUT2D eigenvalue weighted by Gasteiger charge is 2.13. The molecule has 0 fully saturated rings. The topological polar surface area (TPSA) is 22.1 Å². The minimum Gasteiger partial charge on any atom is -0.437 e. The van der Waals surface area contributed by atoms with Crippen LogP contribution in [0.15, 0.2) is 46.9 Å². The molecule has 2 aromatic carbocycles. The van der Waals surface area contributed by atoms with E-state index >= 15 is 0 Å². The summed E-state index contributed by atoms with van der Waals surface area (Å²) in [5.74, 6) is -1.27. The largest absolute Gasteiger partial charge is 0.437 e. The first-order valence-corrected chi connectivity index (χ1v) is 7.03. The molecule has 0 bridgehead atoms. The maximum absolute atomic E-state index is 13.6. The quantitative estimate of drug-likeness (QED) is 0.619.